The Balaban J connectivity index is 1.70. The molecule has 6 heteroatoms. The number of halogens is 1. The van der Waals surface area contributed by atoms with E-state index in [1.165, 1.54) is 6.08 Å². The Bertz CT molecular complexity index is 1120. The third-order valence-electron chi connectivity index (χ3n) is 4.41. The number of para-hydroxylation sites is 1. The topological polar surface area (TPSA) is 75.6 Å². The van der Waals surface area contributed by atoms with Crippen LogP contribution in [0.5, 0.6) is 11.5 Å². The van der Waals surface area contributed by atoms with Crippen molar-refractivity contribution in [3.8, 4) is 11.5 Å². The molecule has 0 aromatic heterocycles. The minimum atomic E-state index is -1.21. The lowest BCUT2D eigenvalue weighted by Gasteiger charge is -2.09. The van der Waals surface area contributed by atoms with E-state index in [1.54, 1.807) is 24.3 Å². The summed E-state index contributed by atoms with van der Waals surface area (Å²) in [6.45, 7) is 3.92. The molecule has 0 saturated carbocycles. The summed E-state index contributed by atoms with van der Waals surface area (Å²) in [7, 11) is 0. The molecule has 0 atom stereocenters. The van der Waals surface area contributed by atoms with Crippen molar-refractivity contribution in [2.75, 3.05) is 0 Å². The molecule has 0 bridgehead atoms. The van der Waals surface area contributed by atoms with E-state index >= 15 is 0 Å². The second-order valence-electron chi connectivity index (χ2n) is 7.19. The molecule has 3 aromatic carbocycles. The summed E-state index contributed by atoms with van der Waals surface area (Å²) in [5.74, 6) is -0.301. The fraction of sp³-hybridized carbons (Fsp3) is 0.120. The summed E-state index contributed by atoms with van der Waals surface area (Å²) in [4.78, 5) is 24.0. The van der Waals surface area contributed by atoms with E-state index in [-0.39, 0.29) is 18.0 Å². The molecule has 0 heterocycles. The molecule has 3 aromatic rings. The van der Waals surface area contributed by atoms with Crippen LogP contribution < -0.4 is 10.1 Å². The van der Waals surface area contributed by atoms with Gasteiger partial charge in [-0.1, -0.05) is 53.6 Å². The Hall–Kier alpha value is -3.38. The van der Waals surface area contributed by atoms with Crippen LogP contribution in [0.1, 0.15) is 22.3 Å². The van der Waals surface area contributed by atoms with Crippen molar-refractivity contribution in [2.45, 2.75) is 20.3 Å². The lowest BCUT2D eigenvalue weighted by molar-refractivity contribution is -0.134. The van der Waals surface area contributed by atoms with E-state index in [0.717, 1.165) is 21.2 Å². The largest absolute Gasteiger partial charge is 0.477 e. The number of aliphatic carboxylic acids is 1. The number of nitrogens with one attached hydrogen (secondary N) is 1. The number of carbonyl (C=O) groups is 2. The third kappa shape index (κ3) is 6.55. The van der Waals surface area contributed by atoms with Gasteiger partial charge < -0.3 is 15.2 Å². The van der Waals surface area contributed by atoms with Gasteiger partial charge in [-0.3, -0.25) is 4.79 Å². The number of benzene rings is 3. The maximum Gasteiger partial charge on any atom is 0.352 e. The summed E-state index contributed by atoms with van der Waals surface area (Å²) in [5.41, 5.74) is 3.40. The van der Waals surface area contributed by atoms with Crippen LogP contribution in [0.2, 0.25) is 0 Å². The molecule has 0 unspecified atom stereocenters. The number of ether oxygens (including phenoxy) is 1. The van der Waals surface area contributed by atoms with E-state index in [9.17, 15) is 14.7 Å². The lowest BCUT2D eigenvalue weighted by atomic mass is 10.0. The van der Waals surface area contributed by atoms with Crippen LogP contribution in [0.4, 0.5) is 0 Å². The van der Waals surface area contributed by atoms with E-state index in [0.29, 0.717) is 17.1 Å². The quantitative estimate of drug-likeness (QED) is 0.429. The first kappa shape index (κ1) is 22.3. The second-order valence-corrected chi connectivity index (χ2v) is 8.04. The maximum absolute atomic E-state index is 12.4. The number of rotatable bonds is 7. The molecular formula is C25H22BrNO4. The second kappa shape index (κ2) is 10.1. The van der Waals surface area contributed by atoms with Crippen molar-refractivity contribution in [3.63, 3.8) is 0 Å². The lowest BCUT2D eigenvalue weighted by Crippen LogP contribution is -2.28. The zero-order valence-corrected chi connectivity index (χ0v) is 18.8. The molecule has 31 heavy (non-hydrogen) atoms. The van der Waals surface area contributed by atoms with Crippen LogP contribution in [0, 0.1) is 13.8 Å². The SMILES string of the molecule is Cc1cc(C)cc(CC(=O)NC(=Cc2ccc(Oc3ccccc3Br)cc2)C(=O)O)c1. The first-order valence-corrected chi connectivity index (χ1v) is 10.4. The van der Waals surface area contributed by atoms with Crippen LogP contribution in [0.15, 0.2) is 76.9 Å². The fourth-order valence-electron chi connectivity index (χ4n) is 3.16. The van der Waals surface area contributed by atoms with E-state index in [4.69, 9.17) is 4.74 Å². The minimum Gasteiger partial charge on any atom is -0.477 e. The summed E-state index contributed by atoms with van der Waals surface area (Å²) in [6.07, 6.45) is 1.52. The van der Waals surface area contributed by atoms with Crippen molar-refractivity contribution in [1.29, 1.82) is 0 Å². The molecule has 3 rings (SSSR count). The van der Waals surface area contributed by atoms with E-state index < -0.39 is 5.97 Å². The van der Waals surface area contributed by atoms with Crippen LogP contribution in [-0.4, -0.2) is 17.0 Å². The van der Waals surface area contributed by atoms with Gasteiger partial charge >= 0.3 is 5.97 Å². The van der Waals surface area contributed by atoms with Crippen LogP contribution >= 0.6 is 15.9 Å². The molecule has 0 aliphatic heterocycles. The Morgan fingerprint density at radius 1 is 1.00 bits per heavy atom. The van der Waals surface area contributed by atoms with Crippen molar-refractivity contribution in [1.82, 2.24) is 5.32 Å². The molecule has 1 amide bonds. The van der Waals surface area contributed by atoms with Gasteiger partial charge in [-0.05, 0) is 71.2 Å². The standard InChI is InChI=1S/C25H22BrNO4/c1-16-11-17(2)13-19(12-16)15-24(28)27-22(25(29)30)14-18-7-9-20(10-8-18)31-23-6-4-3-5-21(23)26/h3-14H,15H2,1-2H3,(H,27,28)(H,29,30). The number of hydrogen-bond donors (Lipinski definition) is 2. The third-order valence-corrected chi connectivity index (χ3v) is 5.06. The molecule has 0 aliphatic carbocycles. The van der Waals surface area contributed by atoms with Crippen molar-refractivity contribution in [2.24, 2.45) is 0 Å². The highest BCUT2D eigenvalue weighted by Crippen LogP contribution is 2.29. The zero-order valence-electron chi connectivity index (χ0n) is 17.2. The molecule has 0 radical (unpaired) electrons. The number of carboxylic acids is 1. The van der Waals surface area contributed by atoms with Gasteiger partial charge in [0.15, 0.2) is 0 Å². The van der Waals surface area contributed by atoms with Gasteiger partial charge in [-0.25, -0.2) is 4.79 Å². The first-order valence-electron chi connectivity index (χ1n) is 9.64. The summed E-state index contributed by atoms with van der Waals surface area (Å²) in [5, 5.41) is 12.0. The number of carboxylic acid groups (broad SMARTS) is 1. The monoisotopic (exact) mass is 479 g/mol. The number of carbonyl (C=O) groups excluding carboxylic acids is 1. The summed E-state index contributed by atoms with van der Waals surface area (Å²) >= 11 is 3.43. The smallest absolute Gasteiger partial charge is 0.352 e. The number of amides is 1. The Labute approximate surface area is 189 Å². The fourth-order valence-corrected chi connectivity index (χ4v) is 3.52. The minimum absolute atomic E-state index is 0.103. The highest BCUT2D eigenvalue weighted by molar-refractivity contribution is 9.10. The van der Waals surface area contributed by atoms with Gasteiger partial charge in [0.25, 0.3) is 0 Å². The van der Waals surface area contributed by atoms with Gasteiger partial charge in [0.05, 0.1) is 10.9 Å². The van der Waals surface area contributed by atoms with Crippen LogP contribution in [0.3, 0.4) is 0 Å². The van der Waals surface area contributed by atoms with Crippen molar-refractivity contribution in [3.05, 3.63) is 99.2 Å². The molecule has 5 nitrogen and oxygen atoms in total. The highest BCUT2D eigenvalue weighted by atomic mass is 79.9. The molecule has 158 valence electrons. The van der Waals surface area contributed by atoms with Crippen molar-refractivity contribution >= 4 is 33.9 Å². The van der Waals surface area contributed by atoms with Crippen LogP contribution in [0.25, 0.3) is 6.08 Å². The average molecular weight is 480 g/mol. The average Bonchev–Trinajstić information content (AvgIpc) is 2.69. The van der Waals surface area contributed by atoms with Crippen molar-refractivity contribution < 1.29 is 19.4 Å². The molecule has 0 fully saturated rings. The maximum atomic E-state index is 12.4. The molecule has 0 saturated heterocycles. The van der Waals surface area contributed by atoms with Gasteiger partial charge in [0.2, 0.25) is 5.91 Å². The number of hydrogen-bond acceptors (Lipinski definition) is 3. The Kier molecular flexibility index (Phi) is 7.26. The van der Waals surface area contributed by atoms with Gasteiger partial charge in [-0.15, -0.1) is 0 Å². The van der Waals surface area contributed by atoms with Gasteiger partial charge in [0, 0.05) is 0 Å². The van der Waals surface area contributed by atoms with E-state index in [2.05, 4.69) is 21.2 Å². The molecule has 0 spiro atoms. The summed E-state index contributed by atoms with van der Waals surface area (Å²) < 4.78 is 6.65. The zero-order chi connectivity index (χ0) is 22.4. The Morgan fingerprint density at radius 3 is 2.26 bits per heavy atom. The predicted octanol–water partition coefficient (Wildman–Crippen LogP) is 5.64. The normalized spacial score (nSPS) is 11.1. The summed E-state index contributed by atoms with van der Waals surface area (Å²) in [6, 6.07) is 20.3. The predicted molar refractivity (Wildman–Crippen MR) is 124 cm³/mol. The number of aryl methyl sites for hydroxylation is 2. The highest BCUT2D eigenvalue weighted by Gasteiger charge is 2.13. The Morgan fingerprint density at radius 2 is 1.65 bits per heavy atom. The molecule has 2 N–H and O–H groups in total. The van der Waals surface area contributed by atoms with Gasteiger partial charge in [-0.2, -0.15) is 0 Å². The first-order chi connectivity index (χ1) is 14.8. The molecular weight excluding hydrogens is 458 g/mol. The molecule has 0 aliphatic rings. The van der Waals surface area contributed by atoms with E-state index in [1.807, 2.05) is 56.3 Å². The van der Waals surface area contributed by atoms with Crippen LogP contribution in [-0.2, 0) is 16.0 Å². The van der Waals surface area contributed by atoms with Gasteiger partial charge in [0.1, 0.15) is 17.2 Å².